The van der Waals surface area contributed by atoms with Crippen LogP contribution in [0.15, 0.2) is 52.7 Å². The summed E-state index contributed by atoms with van der Waals surface area (Å²) in [6.07, 6.45) is 1.41. The lowest BCUT2D eigenvalue weighted by molar-refractivity contribution is -0.394. The second-order valence-electron chi connectivity index (χ2n) is 6.31. The van der Waals surface area contributed by atoms with Crippen molar-refractivity contribution in [3.8, 4) is 0 Å². The summed E-state index contributed by atoms with van der Waals surface area (Å²) in [5.41, 5.74) is 6.29. The van der Waals surface area contributed by atoms with Crippen LogP contribution in [0.2, 0.25) is 0 Å². The Kier molecular flexibility index (Phi) is 5.58. The Morgan fingerprint density at radius 2 is 1.76 bits per heavy atom. The molecule has 1 aliphatic rings. The van der Waals surface area contributed by atoms with Crippen molar-refractivity contribution in [1.29, 1.82) is 0 Å². The quantitative estimate of drug-likeness (QED) is 0.435. The number of anilines is 1. The van der Waals surface area contributed by atoms with Crippen LogP contribution in [-0.4, -0.2) is 27.7 Å². The largest absolute Gasteiger partial charge is 0.285 e. The summed E-state index contributed by atoms with van der Waals surface area (Å²) in [5, 5.41) is 30.2. The van der Waals surface area contributed by atoms with Gasteiger partial charge in [0.05, 0.1) is 27.5 Å². The van der Waals surface area contributed by atoms with Gasteiger partial charge in [0.1, 0.15) is 5.56 Å². The first-order valence-electron chi connectivity index (χ1n) is 8.54. The van der Waals surface area contributed by atoms with Crippen molar-refractivity contribution in [3.05, 3.63) is 73.8 Å². The van der Waals surface area contributed by atoms with Gasteiger partial charge in [-0.3, -0.25) is 30.4 Å². The molecule has 11 heteroatoms. The van der Waals surface area contributed by atoms with Crippen LogP contribution in [-0.2, 0) is 4.79 Å². The Morgan fingerprint density at radius 1 is 1.14 bits per heavy atom. The molecule has 0 saturated carbocycles. The average Bonchev–Trinajstić information content (AvgIpc) is 2.68. The molecule has 29 heavy (non-hydrogen) atoms. The van der Waals surface area contributed by atoms with E-state index < -0.39 is 21.2 Å². The third kappa shape index (κ3) is 4.40. The monoisotopic (exact) mass is 396 g/mol. The highest BCUT2D eigenvalue weighted by molar-refractivity contribution is 6.05. The number of nitro benzene ring substituents is 2. The summed E-state index contributed by atoms with van der Waals surface area (Å²) >= 11 is 0. The van der Waals surface area contributed by atoms with Crippen LogP contribution in [0.5, 0.6) is 0 Å². The number of carbonyl (C=O) groups is 1. The Labute approximate surface area is 164 Å². The normalized spacial score (nSPS) is 16.2. The summed E-state index contributed by atoms with van der Waals surface area (Å²) in [4.78, 5) is 32.2. The van der Waals surface area contributed by atoms with Crippen molar-refractivity contribution in [3.63, 3.8) is 0 Å². The molecule has 0 aliphatic carbocycles. The van der Waals surface area contributed by atoms with Crippen molar-refractivity contribution >= 4 is 34.9 Å². The van der Waals surface area contributed by atoms with Crippen molar-refractivity contribution in [1.82, 2.24) is 5.43 Å². The predicted octanol–water partition coefficient (Wildman–Crippen LogP) is 2.81. The van der Waals surface area contributed by atoms with Gasteiger partial charge in [0, 0.05) is 24.5 Å². The van der Waals surface area contributed by atoms with E-state index in [0.717, 1.165) is 17.5 Å². The molecule has 3 rings (SSSR count). The Hall–Kier alpha value is -4.15. The molecule has 2 N–H and O–H groups in total. The van der Waals surface area contributed by atoms with Gasteiger partial charge in [0.15, 0.2) is 0 Å². The SMILES string of the molecule is CC1CC(=O)NN=C1c1ccc(NN=Cc2c([N+](=O)[O-])cccc2[N+](=O)[O-])cc1. The van der Waals surface area contributed by atoms with E-state index in [9.17, 15) is 25.0 Å². The fourth-order valence-corrected chi connectivity index (χ4v) is 2.88. The molecule has 2 aromatic rings. The van der Waals surface area contributed by atoms with E-state index in [4.69, 9.17) is 0 Å². The third-order valence-electron chi connectivity index (χ3n) is 4.28. The number of nitro groups is 2. The molecule has 2 aromatic carbocycles. The maximum absolute atomic E-state index is 11.3. The Morgan fingerprint density at radius 3 is 2.31 bits per heavy atom. The molecular weight excluding hydrogens is 380 g/mol. The fraction of sp³-hybridized carbons (Fsp3) is 0.167. The molecule has 0 saturated heterocycles. The van der Waals surface area contributed by atoms with Gasteiger partial charge in [-0.25, -0.2) is 5.43 Å². The van der Waals surface area contributed by atoms with Gasteiger partial charge in [0.25, 0.3) is 11.4 Å². The highest BCUT2D eigenvalue weighted by Crippen LogP contribution is 2.26. The summed E-state index contributed by atoms with van der Waals surface area (Å²) < 4.78 is 0. The van der Waals surface area contributed by atoms with E-state index in [1.54, 1.807) is 24.3 Å². The van der Waals surface area contributed by atoms with Crippen LogP contribution in [0.25, 0.3) is 0 Å². The topological polar surface area (TPSA) is 152 Å². The zero-order valence-corrected chi connectivity index (χ0v) is 15.2. The standard InChI is InChI=1S/C18H16N6O5/c1-11-9-17(25)21-22-18(11)12-5-7-13(8-6-12)20-19-10-14-15(23(26)27)3-2-4-16(14)24(28)29/h2-8,10-11,20H,9H2,1H3,(H,21,25). The van der Waals surface area contributed by atoms with Crippen molar-refractivity contribution in [2.45, 2.75) is 13.3 Å². The second kappa shape index (κ2) is 8.25. The van der Waals surface area contributed by atoms with E-state index in [0.29, 0.717) is 12.1 Å². The predicted molar refractivity (Wildman–Crippen MR) is 106 cm³/mol. The van der Waals surface area contributed by atoms with E-state index >= 15 is 0 Å². The summed E-state index contributed by atoms with van der Waals surface area (Å²) in [6, 6.07) is 10.6. The molecule has 11 nitrogen and oxygen atoms in total. The lowest BCUT2D eigenvalue weighted by Crippen LogP contribution is -2.31. The minimum absolute atomic E-state index is 0.0141. The minimum atomic E-state index is -0.700. The molecule has 0 spiro atoms. The first-order chi connectivity index (χ1) is 13.9. The van der Waals surface area contributed by atoms with E-state index in [1.165, 1.54) is 18.2 Å². The molecule has 0 radical (unpaired) electrons. The van der Waals surface area contributed by atoms with Crippen LogP contribution >= 0.6 is 0 Å². The third-order valence-corrected chi connectivity index (χ3v) is 4.28. The van der Waals surface area contributed by atoms with Gasteiger partial charge in [-0.05, 0) is 23.8 Å². The number of amides is 1. The first kappa shape index (κ1) is 19.6. The number of carbonyl (C=O) groups excluding carboxylic acids is 1. The number of hydrogen-bond acceptors (Lipinski definition) is 8. The number of nitrogens with zero attached hydrogens (tertiary/aromatic N) is 4. The molecular formula is C18H16N6O5. The van der Waals surface area contributed by atoms with Gasteiger partial charge in [-0.15, -0.1) is 0 Å². The number of nitrogens with one attached hydrogen (secondary N) is 2. The summed E-state index contributed by atoms with van der Waals surface area (Å²) in [7, 11) is 0. The van der Waals surface area contributed by atoms with Crippen LogP contribution in [0, 0.1) is 26.1 Å². The van der Waals surface area contributed by atoms with E-state index in [1.807, 2.05) is 6.92 Å². The molecule has 1 amide bonds. The zero-order chi connectivity index (χ0) is 21.0. The van der Waals surface area contributed by atoms with Crippen LogP contribution in [0.3, 0.4) is 0 Å². The first-order valence-corrected chi connectivity index (χ1v) is 8.54. The summed E-state index contributed by atoms with van der Waals surface area (Å²) in [5.74, 6) is -0.141. The van der Waals surface area contributed by atoms with Crippen molar-refractivity contribution < 1.29 is 14.6 Å². The molecule has 1 aliphatic heterocycles. The molecule has 1 unspecified atom stereocenters. The minimum Gasteiger partial charge on any atom is -0.278 e. The molecule has 1 heterocycles. The maximum Gasteiger partial charge on any atom is 0.285 e. The van der Waals surface area contributed by atoms with Crippen LogP contribution in [0.4, 0.5) is 17.1 Å². The number of hydrazone groups is 2. The lowest BCUT2D eigenvalue weighted by Gasteiger charge is -2.19. The van der Waals surface area contributed by atoms with Gasteiger partial charge in [-0.1, -0.05) is 19.1 Å². The van der Waals surface area contributed by atoms with Crippen molar-refractivity contribution in [2.75, 3.05) is 5.43 Å². The lowest BCUT2D eigenvalue weighted by atomic mass is 9.94. The smallest absolute Gasteiger partial charge is 0.278 e. The number of benzene rings is 2. The summed E-state index contributed by atoms with van der Waals surface area (Å²) in [6.45, 7) is 1.91. The molecule has 0 fully saturated rings. The highest BCUT2D eigenvalue weighted by Gasteiger charge is 2.23. The zero-order valence-electron chi connectivity index (χ0n) is 15.2. The fourth-order valence-electron chi connectivity index (χ4n) is 2.88. The number of hydrogen-bond donors (Lipinski definition) is 2. The maximum atomic E-state index is 11.3. The van der Waals surface area contributed by atoms with Gasteiger partial charge in [-0.2, -0.15) is 10.2 Å². The molecule has 0 aromatic heterocycles. The van der Waals surface area contributed by atoms with Crippen molar-refractivity contribution in [2.24, 2.45) is 16.1 Å². The van der Waals surface area contributed by atoms with E-state index in [2.05, 4.69) is 21.1 Å². The average molecular weight is 396 g/mol. The number of rotatable bonds is 6. The van der Waals surface area contributed by atoms with Gasteiger partial charge in [0.2, 0.25) is 5.91 Å². The molecule has 1 atom stereocenters. The Bertz CT molecular complexity index is 999. The van der Waals surface area contributed by atoms with Gasteiger partial charge < -0.3 is 0 Å². The van der Waals surface area contributed by atoms with Crippen LogP contribution < -0.4 is 10.9 Å². The van der Waals surface area contributed by atoms with Gasteiger partial charge >= 0.3 is 0 Å². The Balaban J connectivity index is 1.77. The molecule has 148 valence electrons. The van der Waals surface area contributed by atoms with Crippen LogP contribution in [0.1, 0.15) is 24.5 Å². The highest BCUT2D eigenvalue weighted by atomic mass is 16.6. The second-order valence-corrected chi connectivity index (χ2v) is 6.31. The van der Waals surface area contributed by atoms with E-state index in [-0.39, 0.29) is 17.4 Å². The molecule has 0 bridgehead atoms.